The van der Waals surface area contributed by atoms with Gasteiger partial charge in [-0.3, -0.25) is 9.59 Å². The third-order valence-electron chi connectivity index (χ3n) is 1.57. The van der Waals surface area contributed by atoms with Crippen LogP contribution in [0.3, 0.4) is 0 Å². The number of pyridine rings is 1. The predicted molar refractivity (Wildman–Crippen MR) is 52.7 cm³/mol. The highest BCUT2D eigenvalue weighted by Crippen LogP contribution is 2.14. The van der Waals surface area contributed by atoms with Crippen LogP contribution in [0.15, 0.2) is 17.2 Å². The van der Waals surface area contributed by atoms with Crippen molar-refractivity contribution in [3.05, 3.63) is 23.4 Å². The normalized spacial score (nSPS) is 11.1. The SMILES string of the molecule is CC(=O)c1cc(C=O)cc(S(=O)(=O)Cl)n1. The summed E-state index contributed by atoms with van der Waals surface area (Å²) in [6.45, 7) is 1.21. The fourth-order valence-corrected chi connectivity index (χ4v) is 1.62. The Labute approximate surface area is 90.5 Å². The van der Waals surface area contributed by atoms with E-state index in [1.807, 2.05) is 0 Å². The molecule has 0 amide bonds. The van der Waals surface area contributed by atoms with Gasteiger partial charge in [-0.15, -0.1) is 0 Å². The van der Waals surface area contributed by atoms with Gasteiger partial charge in [0.2, 0.25) is 0 Å². The van der Waals surface area contributed by atoms with Crippen LogP contribution >= 0.6 is 10.7 Å². The van der Waals surface area contributed by atoms with Crippen molar-refractivity contribution in [3.8, 4) is 0 Å². The number of aromatic nitrogens is 1. The number of aldehydes is 1. The van der Waals surface area contributed by atoms with Crippen LogP contribution in [0.25, 0.3) is 0 Å². The Balaban J connectivity index is 3.50. The molecule has 0 saturated heterocycles. The van der Waals surface area contributed by atoms with Gasteiger partial charge in [-0.25, -0.2) is 13.4 Å². The average Bonchev–Trinajstić information content (AvgIpc) is 2.15. The molecule has 80 valence electrons. The van der Waals surface area contributed by atoms with E-state index in [-0.39, 0.29) is 11.3 Å². The summed E-state index contributed by atoms with van der Waals surface area (Å²) in [6, 6.07) is 2.20. The largest absolute Gasteiger partial charge is 0.298 e. The molecule has 15 heavy (non-hydrogen) atoms. The second-order valence-corrected chi connectivity index (χ2v) is 5.25. The molecule has 0 aliphatic heterocycles. The fourth-order valence-electron chi connectivity index (χ4n) is 0.899. The third kappa shape index (κ3) is 2.84. The van der Waals surface area contributed by atoms with E-state index in [2.05, 4.69) is 4.98 Å². The molecule has 0 saturated carbocycles. The van der Waals surface area contributed by atoms with Gasteiger partial charge in [0.25, 0.3) is 9.05 Å². The van der Waals surface area contributed by atoms with Crippen LogP contribution < -0.4 is 0 Å². The van der Waals surface area contributed by atoms with Crippen LogP contribution in [-0.2, 0) is 9.05 Å². The minimum absolute atomic E-state index is 0.0365. The Kier molecular flexibility index (Phi) is 3.21. The van der Waals surface area contributed by atoms with E-state index in [0.717, 1.165) is 6.07 Å². The number of hydrogen-bond donors (Lipinski definition) is 0. The first kappa shape index (κ1) is 11.8. The number of Topliss-reactive ketones (excluding diaryl/α,β-unsaturated/α-hetero) is 1. The first-order chi connectivity index (χ1) is 6.84. The number of nitrogens with zero attached hydrogens (tertiary/aromatic N) is 1. The van der Waals surface area contributed by atoms with Crippen LogP contribution in [0.4, 0.5) is 0 Å². The molecule has 0 fully saturated rings. The molecule has 0 radical (unpaired) electrons. The van der Waals surface area contributed by atoms with E-state index >= 15 is 0 Å². The number of carbonyl (C=O) groups is 2. The van der Waals surface area contributed by atoms with Crippen LogP contribution in [0.2, 0.25) is 0 Å². The van der Waals surface area contributed by atoms with E-state index in [1.165, 1.54) is 13.0 Å². The number of carbonyl (C=O) groups excluding carboxylic acids is 2. The minimum Gasteiger partial charge on any atom is -0.298 e. The van der Waals surface area contributed by atoms with E-state index < -0.39 is 19.9 Å². The van der Waals surface area contributed by atoms with Crippen molar-refractivity contribution in [3.63, 3.8) is 0 Å². The summed E-state index contributed by atoms with van der Waals surface area (Å²) in [5, 5.41) is -0.501. The summed E-state index contributed by atoms with van der Waals surface area (Å²) in [5.74, 6) is -0.444. The van der Waals surface area contributed by atoms with E-state index in [0.29, 0.717) is 6.29 Å². The lowest BCUT2D eigenvalue weighted by molar-refractivity contribution is 0.101. The lowest BCUT2D eigenvalue weighted by Crippen LogP contribution is -2.04. The van der Waals surface area contributed by atoms with Gasteiger partial charge in [-0.1, -0.05) is 0 Å². The summed E-state index contributed by atoms with van der Waals surface area (Å²) >= 11 is 0. The van der Waals surface area contributed by atoms with Gasteiger partial charge in [0.15, 0.2) is 10.8 Å². The van der Waals surface area contributed by atoms with Gasteiger partial charge >= 0.3 is 0 Å². The Morgan fingerprint density at radius 1 is 1.47 bits per heavy atom. The maximum atomic E-state index is 11.0. The molecule has 0 aliphatic rings. The van der Waals surface area contributed by atoms with Crippen molar-refractivity contribution in [1.82, 2.24) is 4.98 Å². The highest BCUT2D eigenvalue weighted by Gasteiger charge is 2.15. The Morgan fingerprint density at radius 2 is 2.07 bits per heavy atom. The highest BCUT2D eigenvalue weighted by molar-refractivity contribution is 8.13. The van der Waals surface area contributed by atoms with E-state index in [1.54, 1.807) is 0 Å². The number of ketones is 1. The van der Waals surface area contributed by atoms with Crippen molar-refractivity contribution in [2.24, 2.45) is 0 Å². The predicted octanol–water partition coefficient (Wildman–Crippen LogP) is 1.02. The molecule has 1 aromatic rings. The van der Waals surface area contributed by atoms with Gasteiger partial charge in [-0.2, -0.15) is 0 Å². The Hall–Kier alpha value is -1.27. The molecule has 0 spiro atoms. The van der Waals surface area contributed by atoms with Gasteiger partial charge in [0, 0.05) is 23.2 Å². The van der Waals surface area contributed by atoms with Gasteiger partial charge in [0.05, 0.1) is 0 Å². The van der Waals surface area contributed by atoms with Gasteiger partial charge < -0.3 is 0 Å². The molecule has 0 aliphatic carbocycles. The molecular weight excluding hydrogens is 242 g/mol. The minimum atomic E-state index is -4.04. The highest BCUT2D eigenvalue weighted by atomic mass is 35.7. The van der Waals surface area contributed by atoms with Gasteiger partial charge in [-0.05, 0) is 12.1 Å². The second kappa shape index (κ2) is 4.08. The maximum absolute atomic E-state index is 11.0. The molecule has 0 N–H and O–H groups in total. The first-order valence-corrected chi connectivity index (χ1v) is 6.08. The summed E-state index contributed by atoms with van der Waals surface area (Å²) in [5.41, 5.74) is -0.0757. The second-order valence-electron chi connectivity index (χ2n) is 2.74. The van der Waals surface area contributed by atoms with Crippen LogP contribution in [-0.4, -0.2) is 25.5 Å². The third-order valence-corrected chi connectivity index (χ3v) is 2.75. The van der Waals surface area contributed by atoms with Crippen molar-refractivity contribution >= 4 is 31.8 Å². The lowest BCUT2D eigenvalue weighted by Gasteiger charge is -2.00. The molecule has 1 heterocycles. The molecular formula is C8H6ClNO4S. The topological polar surface area (TPSA) is 81.2 Å². The molecule has 1 rings (SSSR count). The smallest absolute Gasteiger partial charge is 0.278 e. The summed E-state index contributed by atoms with van der Waals surface area (Å²) in [7, 11) is 1.01. The fraction of sp³-hybridized carbons (Fsp3) is 0.125. The molecule has 0 bridgehead atoms. The molecule has 7 heteroatoms. The van der Waals surface area contributed by atoms with Crippen LogP contribution in [0.5, 0.6) is 0 Å². The lowest BCUT2D eigenvalue weighted by atomic mass is 10.2. The van der Waals surface area contributed by atoms with E-state index in [4.69, 9.17) is 10.7 Å². The first-order valence-electron chi connectivity index (χ1n) is 3.77. The number of hydrogen-bond acceptors (Lipinski definition) is 5. The molecule has 0 unspecified atom stereocenters. The number of rotatable bonds is 3. The average molecular weight is 248 g/mol. The van der Waals surface area contributed by atoms with Crippen molar-refractivity contribution < 1.29 is 18.0 Å². The molecule has 0 atom stereocenters. The standard InChI is InChI=1S/C8H6ClNO4S/c1-5(12)7-2-6(4-11)3-8(10-7)15(9,13)14/h2-4H,1H3. The zero-order valence-corrected chi connectivity index (χ0v) is 9.17. The summed E-state index contributed by atoms with van der Waals surface area (Å²) in [4.78, 5) is 25.0. The summed E-state index contributed by atoms with van der Waals surface area (Å²) in [6.07, 6.45) is 0.416. The monoisotopic (exact) mass is 247 g/mol. The molecule has 1 aromatic heterocycles. The molecule has 0 aromatic carbocycles. The van der Waals surface area contributed by atoms with Crippen molar-refractivity contribution in [1.29, 1.82) is 0 Å². The zero-order valence-electron chi connectivity index (χ0n) is 7.60. The Morgan fingerprint density at radius 3 is 2.47 bits per heavy atom. The van der Waals surface area contributed by atoms with Crippen molar-refractivity contribution in [2.75, 3.05) is 0 Å². The van der Waals surface area contributed by atoms with Crippen molar-refractivity contribution in [2.45, 2.75) is 11.9 Å². The molecule has 5 nitrogen and oxygen atoms in total. The summed E-state index contributed by atoms with van der Waals surface area (Å²) < 4.78 is 21.9. The zero-order chi connectivity index (χ0) is 11.6. The Bertz CT molecular complexity index is 523. The van der Waals surface area contributed by atoms with Crippen LogP contribution in [0, 0.1) is 0 Å². The maximum Gasteiger partial charge on any atom is 0.278 e. The van der Waals surface area contributed by atoms with Crippen LogP contribution in [0.1, 0.15) is 27.8 Å². The van der Waals surface area contributed by atoms with E-state index in [9.17, 15) is 18.0 Å². The quantitative estimate of drug-likeness (QED) is 0.453. The number of halogens is 1. The van der Waals surface area contributed by atoms with Gasteiger partial charge in [0.1, 0.15) is 12.0 Å².